The zero-order chi connectivity index (χ0) is 20.4. The van der Waals surface area contributed by atoms with Crippen LogP contribution in [-0.4, -0.2) is 53.3 Å². The second-order valence-corrected chi connectivity index (χ2v) is 8.12. The van der Waals surface area contributed by atoms with Crippen LogP contribution in [0, 0.1) is 0 Å². The Bertz CT molecular complexity index is 965. The standard InChI is InChI=1S/C21H24ClN5O2/c1-21(2,28-17-6-4-15(22)5-7-17)20-24-19(25-29-20)18-14-16(8-9-23-18)27-12-10-26(3)11-13-27/h4-9,14H,10-13H2,1-3H3. The molecular formula is C21H24ClN5O2. The summed E-state index contributed by atoms with van der Waals surface area (Å²) in [7, 11) is 2.14. The average Bonchev–Trinajstić information content (AvgIpc) is 3.22. The Balaban J connectivity index is 1.52. The highest BCUT2D eigenvalue weighted by Crippen LogP contribution is 2.29. The SMILES string of the molecule is CN1CCN(c2ccnc(-c3noc(C(C)(C)Oc4ccc(Cl)cc4)n3)c2)CC1. The quantitative estimate of drug-likeness (QED) is 0.629. The lowest BCUT2D eigenvalue weighted by atomic mass is 10.1. The largest absolute Gasteiger partial charge is 0.478 e. The number of aromatic nitrogens is 3. The molecule has 0 radical (unpaired) electrons. The maximum absolute atomic E-state index is 6.03. The summed E-state index contributed by atoms with van der Waals surface area (Å²) in [6.45, 7) is 7.82. The van der Waals surface area contributed by atoms with E-state index in [2.05, 4.69) is 32.0 Å². The smallest absolute Gasteiger partial charge is 0.270 e. The molecule has 8 heteroatoms. The molecule has 1 aliphatic rings. The third-order valence-corrected chi connectivity index (χ3v) is 5.22. The van der Waals surface area contributed by atoms with E-state index >= 15 is 0 Å². The van der Waals surface area contributed by atoms with Crippen molar-refractivity contribution >= 4 is 17.3 Å². The van der Waals surface area contributed by atoms with Gasteiger partial charge in [-0.05, 0) is 57.3 Å². The van der Waals surface area contributed by atoms with Crippen molar-refractivity contribution < 1.29 is 9.26 Å². The Hall–Kier alpha value is -2.64. The molecule has 0 atom stereocenters. The van der Waals surface area contributed by atoms with Crippen LogP contribution in [0.2, 0.25) is 5.02 Å². The van der Waals surface area contributed by atoms with Crippen LogP contribution in [0.25, 0.3) is 11.5 Å². The highest BCUT2D eigenvalue weighted by molar-refractivity contribution is 6.30. The molecular weight excluding hydrogens is 390 g/mol. The van der Waals surface area contributed by atoms with Crippen LogP contribution in [0.5, 0.6) is 5.75 Å². The van der Waals surface area contributed by atoms with E-state index in [9.17, 15) is 0 Å². The first kappa shape index (κ1) is 19.7. The van der Waals surface area contributed by atoms with E-state index in [-0.39, 0.29) is 0 Å². The normalized spacial score (nSPS) is 15.5. The molecule has 4 rings (SSSR count). The van der Waals surface area contributed by atoms with Crippen LogP contribution in [0.15, 0.2) is 47.1 Å². The molecule has 0 saturated carbocycles. The zero-order valence-corrected chi connectivity index (χ0v) is 17.6. The number of hydrogen-bond acceptors (Lipinski definition) is 7. The summed E-state index contributed by atoms with van der Waals surface area (Å²) in [6.07, 6.45) is 1.79. The molecule has 0 N–H and O–H groups in total. The van der Waals surface area contributed by atoms with E-state index in [0.717, 1.165) is 31.9 Å². The summed E-state index contributed by atoms with van der Waals surface area (Å²) in [5.74, 6) is 1.51. The molecule has 1 saturated heterocycles. The first-order valence-electron chi connectivity index (χ1n) is 9.59. The van der Waals surface area contributed by atoms with Crippen molar-refractivity contribution in [3.63, 3.8) is 0 Å². The average molecular weight is 414 g/mol. The van der Waals surface area contributed by atoms with E-state index in [0.29, 0.717) is 28.2 Å². The molecule has 0 bridgehead atoms. The van der Waals surface area contributed by atoms with Gasteiger partial charge < -0.3 is 19.1 Å². The molecule has 0 spiro atoms. The maximum Gasteiger partial charge on any atom is 0.270 e. The van der Waals surface area contributed by atoms with Crippen LogP contribution in [0.4, 0.5) is 5.69 Å². The maximum atomic E-state index is 6.03. The third kappa shape index (κ3) is 4.52. The first-order valence-corrected chi connectivity index (χ1v) is 9.97. The van der Waals surface area contributed by atoms with Crippen molar-refractivity contribution in [3.05, 3.63) is 53.5 Å². The van der Waals surface area contributed by atoms with E-state index < -0.39 is 5.60 Å². The fourth-order valence-corrected chi connectivity index (χ4v) is 3.34. The van der Waals surface area contributed by atoms with Gasteiger partial charge in [-0.25, -0.2) is 0 Å². The van der Waals surface area contributed by atoms with Crippen LogP contribution >= 0.6 is 11.6 Å². The second kappa shape index (κ2) is 8.00. The van der Waals surface area contributed by atoms with Gasteiger partial charge in [0.1, 0.15) is 11.4 Å². The number of nitrogens with zero attached hydrogens (tertiary/aromatic N) is 5. The molecule has 152 valence electrons. The van der Waals surface area contributed by atoms with Crippen LogP contribution < -0.4 is 9.64 Å². The molecule has 1 fully saturated rings. The Kier molecular flexibility index (Phi) is 5.43. The molecule has 7 nitrogen and oxygen atoms in total. The lowest BCUT2D eigenvalue weighted by Crippen LogP contribution is -2.44. The number of anilines is 1. The molecule has 0 amide bonds. The highest BCUT2D eigenvalue weighted by atomic mass is 35.5. The monoisotopic (exact) mass is 413 g/mol. The fraction of sp³-hybridized carbons (Fsp3) is 0.381. The van der Waals surface area contributed by atoms with Crippen molar-refractivity contribution in [3.8, 4) is 17.3 Å². The van der Waals surface area contributed by atoms with Gasteiger partial charge in [-0.15, -0.1) is 0 Å². The van der Waals surface area contributed by atoms with Gasteiger partial charge >= 0.3 is 0 Å². The van der Waals surface area contributed by atoms with Crippen molar-refractivity contribution in [2.75, 3.05) is 38.1 Å². The Labute approximate surface area is 175 Å². The Morgan fingerprint density at radius 1 is 1.07 bits per heavy atom. The number of likely N-dealkylation sites (N-methyl/N-ethyl adjacent to an activating group) is 1. The highest BCUT2D eigenvalue weighted by Gasteiger charge is 2.30. The van der Waals surface area contributed by atoms with Crippen LogP contribution in [0.1, 0.15) is 19.7 Å². The topological polar surface area (TPSA) is 67.5 Å². The van der Waals surface area contributed by atoms with E-state index in [1.165, 1.54) is 0 Å². The van der Waals surface area contributed by atoms with Gasteiger partial charge in [0.05, 0.1) is 0 Å². The molecule has 3 heterocycles. The van der Waals surface area contributed by atoms with Gasteiger partial charge in [-0.2, -0.15) is 4.98 Å². The molecule has 3 aromatic rings. The fourth-order valence-electron chi connectivity index (χ4n) is 3.22. The predicted molar refractivity (Wildman–Crippen MR) is 112 cm³/mol. The molecule has 29 heavy (non-hydrogen) atoms. The van der Waals surface area contributed by atoms with Gasteiger partial charge in [0.25, 0.3) is 5.89 Å². The summed E-state index contributed by atoms with van der Waals surface area (Å²) in [5.41, 5.74) is 0.999. The molecule has 1 aromatic carbocycles. The van der Waals surface area contributed by atoms with E-state index in [1.807, 2.05) is 38.1 Å². The molecule has 2 aromatic heterocycles. The zero-order valence-electron chi connectivity index (χ0n) is 16.8. The van der Waals surface area contributed by atoms with Crippen molar-refractivity contribution in [2.45, 2.75) is 19.4 Å². The van der Waals surface area contributed by atoms with Crippen molar-refractivity contribution in [1.82, 2.24) is 20.0 Å². The number of benzene rings is 1. The summed E-state index contributed by atoms with van der Waals surface area (Å²) in [5, 5.41) is 4.78. The third-order valence-electron chi connectivity index (χ3n) is 4.97. The van der Waals surface area contributed by atoms with E-state index in [1.54, 1.807) is 18.3 Å². The second-order valence-electron chi connectivity index (χ2n) is 7.68. The van der Waals surface area contributed by atoms with E-state index in [4.69, 9.17) is 20.9 Å². The summed E-state index contributed by atoms with van der Waals surface area (Å²) >= 11 is 5.94. The summed E-state index contributed by atoms with van der Waals surface area (Å²) in [6, 6.07) is 11.2. The van der Waals surface area contributed by atoms with Gasteiger partial charge in [-0.3, -0.25) is 4.98 Å². The summed E-state index contributed by atoms with van der Waals surface area (Å²) in [4.78, 5) is 13.7. The predicted octanol–water partition coefficient (Wildman–Crippen LogP) is 3.85. The number of piperazine rings is 1. The van der Waals surface area contributed by atoms with Crippen molar-refractivity contribution in [1.29, 1.82) is 0 Å². The number of hydrogen-bond donors (Lipinski definition) is 0. The number of pyridine rings is 1. The lowest BCUT2D eigenvalue weighted by molar-refractivity contribution is 0.0692. The number of ether oxygens (including phenoxy) is 1. The minimum atomic E-state index is -0.797. The molecule has 0 aliphatic carbocycles. The van der Waals surface area contributed by atoms with Gasteiger partial charge in [0.15, 0.2) is 5.60 Å². The van der Waals surface area contributed by atoms with Gasteiger partial charge in [0.2, 0.25) is 5.82 Å². The Morgan fingerprint density at radius 3 is 2.52 bits per heavy atom. The Morgan fingerprint density at radius 2 is 1.79 bits per heavy atom. The number of rotatable bonds is 5. The molecule has 1 aliphatic heterocycles. The van der Waals surface area contributed by atoms with Crippen LogP contribution in [-0.2, 0) is 5.60 Å². The van der Waals surface area contributed by atoms with Crippen molar-refractivity contribution in [2.24, 2.45) is 0 Å². The van der Waals surface area contributed by atoms with Crippen LogP contribution in [0.3, 0.4) is 0 Å². The van der Waals surface area contributed by atoms with Gasteiger partial charge in [0, 0.05) is 43.1 Å². The minimum absolute atomic E-state index is 0.384. The number of halogens is 1. The lowest BCUT2D eigenvalue weighted by Gasteiger charge is -2.34. The summed E-state index contributed by atoms with van der Waals surface area (Å²) < 4.78 is 11.5. The first-order chi connectivity index (χ1) is 13.9. The minimum Gasteiger partial charge on any atom is -0.478 e. The van der Waals surface area contributed by atoms with Gasteiger partial charge in [-0.1, -0.05) is 16.8 Å². The molecule has 0 unspecified atom stereocenters.